The van der Waals surface area contributed by atoms with Gasteiger partial charge < -0.3 is 10.1 Å². The molecule has 0 spiro atoms. The number of nitrogens with one attached hydrogen (secondary N) is 1. The lowest BCUT2D eigenvalue weighted by atomic mass is 10.1. The van der Waals surface area contributed by atoms with Gasteiger partial charge in [-0.15, -0.1) is 0 Å². The van der Waals surface area contributed by atoms with Gasteiger partial charge in [0.1, 0.15) is 0 Å². The van der Waals surface area contributed by atoms with E-state index >= 15 is 0 Å². The molecule has 0 fully saturated rings. The zero-order chi connectivity index (χ0) is 17.3. The number of nitrogens with zero attached hydrogens (tertiary/aromatic N) is 1. The van der Waals surface area contributed by atoms with Crippen molar-refractivity contribution in [1.29, 1.82) is 0 Å². The number of para-hydroxylation sites is 1. The van der Waals surface area contributed by atoms with Crippen LogP contribution in [0.1, 0.15) is 22.8 Å². The predicted octanol–water partition coefficient (Wildman–Crippen LogP) is 4.11. The SMILES string of the molecule is COC(=O)c1ccc(Cl)c(NC(=O)N2c3ccccc3CC2C)c1. The summed E-state index contributed by atoms with van der Waals surface area (Å²) >= 11 is 6.15. The van der Waals surface area contributed by atoms with Crippen LogP contribution in [0.25, 0.3) is 0 Å². The van der Waals surface area contributed by atoms with Gasteiger partial charge in [-0.2, -0.15) is 0 Å². The second-order valence-corrected chi connectivity index (χ2v) is 6.08. The zero-order valence-corrected chi connectivity index (χ0v) is 14.1. The number of esters is 1. The highest BCUT2D eigenvalue weighted by molar-refractivity contribution is 6.34. The molecule has 5 nitrogen and oxygen atoms in total. The highest BCUT2D eigenvalue weighted by Gasteiger charge is 2.30. The van der Waals surface area contributed by atoms with Gasteiger partial charge >= 0.3 is 12.0 Å². The Kier molecular flexibility index (Phi) is 4.44. The van der Waals surface area contributed by atoms with Crippen molar-refractivity contribution in [2.24, 2.45) is 0 Å². The number of amides is 2. The molecule has 3 rings (SSSR count). The highest BCUT2D eigenvalue weighted by atomic mass is 35.5. The molecule has 2 aromatic carbocycles. The van der Waals surface area contributed by atoms with Gasteiger partial charge in [-0.3, -0.25) is 4.90 Å². The average Bonchev–Trinajstić information content (AvgIpc) is 2.91. The molecular formula is C18H17ClN2O3. The first kappa shape index (κ1) is 16.3. The van der Waals surface area contributed by atoms with Gasteiger partial charge in [0.2, 0.25) is 0 Å². The maximum absolute atomic E-state index is 12.7. The van der Waals surface area contributed by atoms with E-state index in [1.165, 1.54) is 13.2 Å². The number of fused-ring (bicyclic) bond motifs is 1. The Morgan fingerprint density at radius 1 is 1.25 bits per heavy atom. The van der Waals surface area contributed by atoms with Crippen molar-refractivity contribution in [3.8, 4) is 0 Å². The molecule has 0 saturated heterocycles. The maximum atomic E-state index is 12.7. The van der Waals surface area contributed by atoms with E-state index < -0.39 is 5.97 Å². The molecule has 1 aliphatic heterocycles. The minimum absolute atomic E-state index is 0.0463. The molecule has 1 heterocycles. The predicted molar refractivity (Wildman–Crippen MR) is 93.9 cm³/mol. The summed E-state index contributed by atoms with van der Waals surface area (Å²) in [5.74, 6) is -0.484. The summed E-state index contributed by atoms with van der Waals surface area (Å²) in [5.41, 5.74) is 2.73. The Hall–Kier alpha value is -2.53. The van der Waals surface area contributed by atoms with Crippen LogP contribution in [-0.4, -0.2) is 25.2 Å². The number of ether oxygens (including phenoxy) is 1. The number of carbonyl (C=O) groups excluding carboxylic acids is 2. The van der Waals surface area contributed by atoms with Crippen molar-refractivity contribution in [3.05, 3.63) is 58.6 Å². The molecule has 0 bridgehead atoms. The molecule has 1 N–H and O–H groups in total. The summed E-state index contributed by atoms with van der Waals surface area (Å²) in [7, 11) is 1.30. The minimum atomic E-state index is -0.484. The first-order chi connectivity index (χ1) is 11.5. The van der Waals surface area contributed by atoms with E-state index in [0.717, 1.165) is 17.7 Å². The van der Waals surface area contributed by atoms with Crippen LogP contribution >= 0.6 is 11.6 Å². The van der Waals surface area contributed by atoms with Crippen LogP contribution in [0.5, 0.6) is 0 Å². The first-order valence-electron chi connectivity index (χ1n) is 7.57. The summed E-state index contributed by atoms with van der Waals surface area (Å²) in [5, 5.41) is 3.15. The molecule has 1 unspecified atom stereocenters. The van der Waals surface area contributed by atoms with Gasteiger partial charge in [0.15, 0.2) is 0 Å². The van der Waals surface area contributed by atoms with Crippen molar-refractivity contribution in [2.75, 3.05) is 17.3 Å². The van der Waals surface area contributed by atoms with E-state index in [9.17, 15) is 9.59 Å². The monoisotopic (exact) mass is 344 g/mol. The Labute approximate surface area is 145 Å². The summed E-state index contributed by atoms with van der Waals surface area (Å²) < 4.78 is 4.69. The summed E-state index contributed by atoms with van der Waals surface area (Å²) in [6.07, 6.45) is 0.805. The molecule has 0 aliphatic carbocycles. The van der Waals surface area contributed by atoms with Crippen LogP contribution in [0.2, 0.25) is 5.02 Å². The molecule has 0 aromatic heterocycles. The maximum Gasteiger partial charge on any atom is 0.337 e. The van der Waals surface area contributed by atoms with E-state index in [1.54, 1.807) is 17.0 Å². The fraction of sp³-hybridized carbons (Fsp3) is 0.222. The summed E-state index contributed by atoms with van der Waals surface area (Å²) in [4.78, 5) is 26.1. The summed E-state index contributed by atoms with van der Waals surface area (Å²) in [6.45, 7) is 1.99. The smallest absolute Gasteiger partial charge is 0.337 e. The molecule has 0 saturated carbocycles. The van der Waals surface area contributed by atoms with Crippen molar-refractivity contribution in [2.45, 2.75) is 19.4 Å². The number of hydrogen-bond donors (Lipinski definition) is 1. The van der Waals surface area contributed by atoms with Crippen molar-refractivity contribution < 1.29 is 14.3 Å². The summed E-state index contributed by atoms with van der Waals surface area (Å²) in [6, 6.07) is 12.2. The lowest BCUT2D eigenvalue weighted by molar-refractivity contribution is 0.0600. The molecular weight excluding hydrogens is 328 g/mol. The largest absolute Gasteiger partial charge is 0.465 e. The van der Waals surface area contributed by atoms with Gasteiger partial charge in [-0.25, -0.2) is 9.59 Å². The third-order valence-electron chi connectivity index (χ3n) is 4.06. The van der Waals surface area contributed by atoms with E-state index in [0.29, 0.717) is 16.3 Å². The van der Waals surface area contributed by atoms with E-state index in [2.05, 4.69) is 5.32 Å². The van der Waals surface area contributed by atoms with E-state index in [1.807, 2.05) is 31.2 Å². The average molecular weight is 345 g/mol. The Morgan fingerprint density at radius 2 is 2.00 bits per heavy atom. The van der Waals surface area contributed by atoms with Crippen LogP contribution in [0, 0.1) is 0 Å². The second-order valence-electron chi connectivity index (χ2n) is 5.67. The molecule has 2 amide bonds. The van der Waals surface area contributed by atoms with Crippen LogP contribution in [0.4, 0.5) is 16.2 Å². The van der Waals surface area contributed by atoms with Gasteiger partial charge in [0.05, 0.1) is 23.4 Å². The number of rotatable bonds is 2. The van der Waals surface area contributed by atoms with Crippen molar-refractivity contribution in [1.82, 2.24) is 0 Å². The van der Waals surface area contributed by atoms with Crippen LogP contribution in [-0.2, 0) is 11.2 Å². The van der Waals surface area contributed by atoms with Crippen molar-refractivity contribution >= 4 is 35.0 Å². The van der Waals surface area contributed by atoms with Crippen molar-refractivity contribution in [3.63, 3.8) is 0 Å². The topological polar surface area (TPSA) is 58.6 Å². The Morgan fingerprint density at radius 3 is 2.75 bits per heavy atom. The number of methoxy groups -OCH3 is 1. The molecule has 1 aliphatic rings. The fourth-order valence-corrected chi connectivity index (χ4v) is 3.08. The van der Waals surface area contributed by atoms with E-state index in [-0.39, 0.29) is 12.1 Å². The third kappa shape index (κ3) is 2.95. The Balaban J connectivity index is 1.87. The van der Waals surface area contributed by atoms with Gasteiger partial charge in [-0.05, 0) is 43.2 Å². The molecule has 6 heteroatoms. The lowest BCUT2D eigenvalue weighted by Gasteiger charge is -2.23. The number of carbonyl (C=O) groups is 2. The first-order valence-corrected chi connectivity index (χ1v) is 7.95. The fourth-order valence-electron chi connectivity index (χ4n) is 2.92. The zero-order valence-electron chi connectivity index (χ0n) is 13.4. The number of anilines is 2. The highest BCUT2D eigenvalue weighted by Crippen LogP contribution is 2.33. The van der Waals surface area contributed by atoms with Gasteiger partial charge in [-0.1, -0.05) is 29.8 Å². The van der Waals surface area contributed by atoms with Crippen LogP contribution in [0.15, 0.2) is 42.5 Å². The third-order valence-corrected chi connectivity index (χ3v) is 4.38. The molecule has 1 atom stereocenters. The second kappa shape index (κ2) is 6.53. The number of benzene rings is 2. The molecule has 2 aromatic rings. The molecule has 0 radical (unpaired) electrons. The standard InChI is InChI=1S/C18H17ClN2O3/c1-11-9-12-5-3-4-6-16(12)21(11)18(23)20-15-10-13(17(22)24-2)7-8-14(15)19/h3-8,10-11H,9H2,1-2H3,(H,20,23). The minimum Gasteiger partial charge on any atom is -0.465 e. The van der Waals surface area contributed by atoms with E-state index in [4.69, 9.17) is 16.3 Å². The number of hydrogen-bond acceptors (Lipinski definition) is 3. The quantitative estimate of drug-likeness (QED) is 0.834. The van der Waals surface area contributed by atoms with Crippen LogP contribution in [0.3, 0.4) is 0 Å². The van der Waals surface area contributed by atoms with Gasteiger partial charge in [0.25, 0.3) is 0 Å². The number of urea groups is 1. The Bertz CT molecular complexity index is 807. The lowest BCUT2D eigenvalue weighted by Crippen LogP contribution is -2.39. The van der Waals surface area contributed by atoms with Crippen LogP contribution < -0.4 is 10.2 Å². The molecule has 24 heavy (non-hydrogen) atoms. The molecule has 124 valence electrons. The normalized spacial score (nSPS) is 15.8. The number of halogens is 1. The van der Waals surface area contributed by atoms with Gasteiger partial charge in [0, 0.05) is 11.7 Å².